The number of amides is 2. The van der Waals surface area contributed by atoms with Crippen molar-refractivity contribution in [3.8, 4) is 0 Å². The van der Waals surface area contributed by atoms with Gasteiger partial charge in [0.25, 0.3) is 5.91 Å². The largest absolute Gasteiger partial charge is 0.342 e. The number of hydrogen-bond donors (Lipinski definition) is 0. The number of rotatable bonds is 4. The second kappa shape index (κ2) is 9.67. The predicted octanol–water partition coefficient (Wildman–Crippen LogP) is 3.80. The highest BCUT2D eigenvalue weighted by Crippen LogP contribution is 2.25. The Morgan fingerprint density at radius 2 is 1.55 bits per heavy atom. The molecule has 0 radical (unpaired) electrons. The molecule has 6 nitrogen and oxygen atoms in total. The maximum absolute atomic E-state index is 13.3. The van der Waals surface area contributed by atoms with E-state index in [2.05, 4.69) is 22.1 Å². The Hall–Kier alpha value is -2.63. The molecule has 1 aromatic carbocycles. The van der Waals surface area contributed by atoms with Gasteiger partial charge in [0.05, 0.1) is 17.8 Å². The van der Waals surface area contributed by atoms with Gasteiger partial charge in [-0.25, -0.2) is 0 Å². The molecule has 1 aromatic heterocycles. The van der Waals surface area contributed by atoms with Crippen LogP contribution in [0.1, 0.15) is 65.8 Å². The topological polar surface area (TPSA) is 58.4 Å². The van der Waals surface area contributed by atoms with Gasteiger partial charge < -0.3 is 9.80 Å². The number of benzene rings is 1. The summed E-state index contributed by atoms with van der Waals surface area (Å²) < 4.78 is 1.92. The Morgan fingerprint density at radius 1 is 0.903 bits per heavy atom. The summed E-state index contributed by atoms with van der Waals surface area (Å²) in [7, 11) is 0. The average Bonchev–Trinajstić information content (AvgIpc) is 2.96. The SMILES string of the molecule is Cc1nn(Cc2ccccc2)c(C)c1C(=O)N1CCC(C(=O)N2CCCCCC2)CC1. The average molecular weight is 423 g/mol. The molecule has 6 heteroatoms. The third kappa shape index (κ3) is 4.83. The molecule has 0 atom stereocenters. The van der Waals surface area contributed by atoms with Crippen LogP contribution in [-0.2, 0) is 11.3 Å². The van der Waals surface area contributed by atoms with Crippen LogP contribution in [0, 0.1) is 19.8 Å². The molecule has 0 saturated carbocycles. The van der Waals surface area contributed by atoms with Gasteiger partial charge in [0.1, 0.15) is 0 Å². The van der Waals surface area contributed by atoms with E-state index in [0.717, 1.165) is 50.2 Å². The minimum atomic E-state index is 0.0509. The molecule has 0 bridgehead atoms. The van der Waals surface area contributed by atoms with Gasteiger partial charge in [-0.3, -0.25) is 14.3 Å². The summed E-state index contributed by atoms with van der Waals surface area (Å²) in [5, 5.41) is 4.64. The van der Waals surface area contributed by atoms with Crippen molar-refractivity contribution in [1.82, 2.24) is 19.6 Å². The van der Waals surface area contributed by atoms with Gasteiger partial charge in [0.15, 0.2) is 0 Å². The van der Waals surface area contributed by atoms with Crippen LogP contribution in [0.25, 0.3) is 0 Å². The highest BCUT2D eigenvalue weighted by atomic mass is 16.2. The summed E-state index contributed by atoms with van der Waals surface area (Å²) in [6, 6.07) is 10.2. The van der Waals surface area contributed by atoms with Crippen LogP contribution in [0.5, 0.6) is 0 Å². The van der Waals surface area contributed by atoms with Crippen molar-refractivity contribution in [1.29, 1.82) is 0 Å². The highest BCUT2D eigenvalue weighted by Gasteiger charge is 2.32. The zero-order chi connectivity index (χ0) is 21.8. The Labute approximate surface area is 185 Å². The zero-order valence-electron chi connectivity index (χ0n) is 18.8. The molecule has 2 aromatic rings. The maximum atomic E-state index is 13.3. The van der Waals surface area contributed by atoms with Gasteiger partial charge in [-0.05, 0) is 45.1 Å². The van der Waals surface area contributed by atoms with Crippen molar-refractivity contribution in [2.75, 3.05) is 26.2 Å². The number of piperidine rings is 1. The summed E-state index contributed by atoms with van der Waals surface area (Å²) >= 11 is 0. The monoisotopic (exact) mass is 422 g/mol. The second-order valence-electron chi connectivity index (χ2n) is 9.00. The lowest BCUT2D eigenvalue weighted by molar-refractivity contribution is -0.136. The second-order valence-corrected chi connectivity index (χ2v) is 9.00. The van der Waals surface area contributed by atoms with Crippen LogP contribution in [0.4, 0.5) is 0 Å². The number of likely N-dealkylation sites (tertiary alicyclic amines) is 2. The van der Waals surface area contributed by atoms with E-state index >= 15 is 0 Å². The van der Waals surface area contributed by atoms with Crippen molar-refractivity contribution < 1.29 is 9.59 Å². The molecule has 0 N–H and O–H groups in total. The van der Waals surface area contributed by atoms with E-state index < -0.39 is 0 Å². The Bertz CT molecular complexity index is 905. The van der Waals surface area contributed by atoms with Gasteiger partial charge in [-0.15, -0.1) is 0 Å². The number of carbonyl (C=O) groups is 2. The fourth-order valence-electron chi connectivity index (χ4n) is 4.95. The molecule has 4 rings (SSSR count). The smallest absolute Gasteiger partial charge is 0.257 e. The van der Waals surface area contributed by atoms with E-state index in [-0.39, 0.29) is 11.8 Å². The van der Waals surface area contributed by atoms with Gasteiger partial charge in [0, 0.05) is 37.8 Å². The first-order valence-corrected chi connectivity index (χ1v) is 11.7. The first kappa shape index (κ1) is 21.6. The third-order valence-electron chi connectivity index (χ3n) is 6.82. The lowest BCUT2D eigenvalue weighted by atomic mass is 9.94. The van der Waals surface area contributed by atoms with Crippen LogP contribution in [0.3, 0.4) is 0 Å². The van der Waals surface area contributed by atoms with Gasteiger partial charge in [-0.2, -0.15) is 5.10 Å². The van der Waals surface area contributed by atoms with E-state index in [1.165, 1.54) is 18.4 Å². The molecule has 2 fully saturated rings. The van der Waals surface area contributed by atoms with E-state index in [1.54, 1.807) is 0 Å². The molecule has 3 heterocycles. The minimum Gasteiger partial charge on any atom is -0.342 e. The molecule has 2 aliphatic heterocycles. The van der Waals surface area contributed by atoms with E-state index in [9.17, 15) is 9.59 Å². The lowest BCUT2D eigenvalue weighted by Gasteiger charge is -2.34. The molecule has 2 saturated heterocycles. The van der Waals surface area contributed by atoms with Crippen LogP contribution < -0.4 is 0 Å². The summed E-state index contributed by atoms with van der Waals surface area (Å²) in [5.74, 6) is 0.414. The van der Waals surface area contributed by atoms with Crippen molar-refractivity contribution >= 4 is 11.8 Å². The van der Waals surface area contributed by atoms with Crippen LogP contribution in [0.15, 0.2) is 30.3 Å². The summed E-state index contributed by atoms with van der Waals surface area (Å²) in [5.41, 5.74) is 3.57. The standard InChI is InChI=1S/C25H34N4O2/c1-19-23(20(2)29(26-19)18-21-10-6-5-7-11-21)25(31)28-16-12-22(13-17-28)24(30)27-14-8-3-4-9-15-27/h5-7,10-11,22H,3-4,8-9,12-18H2,1-2H3. The van der Waals surface area contributed by atoms with E-state index in [4.69, 9.17) is 0 Å². The Balaban J connectivity index is 1.39. The number of aryl methyl sites for hydroxylation is 1. The molecule has 0 spiro atoms. The summed E-state index contributed by atoms with van der Waals surface area (Å²) in [4.78, 5) is 30.2. The number of carbonyl (C=O) groups excluding carboxylic acids is 2. The molecule has 2 aliphatic rings. The highest BCUT2D eigenvalue weighted by molar-refractivity contribution is 5.96. The van der Waals surface area contributed by atoms with Crippen molar-refractivity contribution in [3.05, 3.63) is 52.8 Å². The fourth-order valence-corrected chi connectivity index (χ4v) is 4.95. The van der Waals surface area contributed by atoms with Gasteiger partial charge >= 0.3 is 0 Å². The Kier molecular flexibility index (Phi) is 6.73. The van der Waals surface area contributed by atoms with Gasteiger partial charge in [0.2, 0.25) is 5.91 Å². The van der Waals surface area contributed by atoms with Crippen LogP contribution in [0.2, 0.25) is 0 Å². The quantitative estimate of drug-likeness (QED) is 0.753. The molecule has 166 valence electrons. The predicted molar refractivity (Wildman–Crippen MR) is 121 cm³/mol. The zero-order valence-corrected chi connectivity index (χ0v) is 18.8. The summed E-state index contributed by atoms with van der Waals surface area (Å²) in [6.07, 6.45) is 6.22. The van der Waals surface area contributed by atoms with Crippen LogP contribution in [-0.4, -0.2) is 57.6 Å². The molecular formula is C25H34N4O2. The summed E-state index contributed by atoms with van der Waals surface area (Å²) in [6.45, 7) is 7.64. The number of aromatic nitrogens is 2. The Morgan fingerprint density at radius 3 is 2.19 bits per heavy atom. The van der Waals surface area contributed by atoms with Crippen molar-refractivity contribution in [2.24, 2.45) is 5.92 Å². The number of nitrogens with zero attached hydrogens (tertiary/aromatic N) is 4. The minimum absolute atomic E-state index is 0.0509. The fraction of sp³-hybridized carbons (Fsp3) is 0.560. The maximum Gasteiger partial charge on any atom is 0.257 e. The molecule has 31 heavy (non-hydrogen) atoms. The van der Waals surface area contributed by atoms with Crippen LogP contribution >= 0.6 is 0 Å². The molecular weight excluding hydrogens is 388 g/mol. The third-order valence-corrected chi connectivity index (χ3v) is 6.82. The molecule has 2 amide bonds. The van der Waals surface area contributed by atoms with Crippen molar-refractivity contribution in [3.63, 3.8) is 0 Å². The molecule has 0 aliphatic carbocycles. The normalized spacial score (nSPS) is 18.1. The lowest BCUT2D eigenvalue weighted by Crippen LogP contribution is -2.44. The van der Waals surface area contributed by atoms with Gasteiger partial charge in [-0.1, -0.05) is 43.2 Å². The van der Waals surface area contributed by atoms with E-state index in [0.29, 0.717) is 31.1 Å². The van der Waals surface area contributed by atoms with Crippen molar-refractivity contribution in [2.45, 2.75) is 58.9 Å². The van der Waals surface area contributed by atoms with E-state index in [1.807, 2.05) is 41.6 Å². The first-order chi connectivity index (χ1) is 15.0. The number of hydrogen-bond acceptors (Lipinski definition) is 3. The molecule has 0 unspecified atom stereocenters. The first-order valence-electron chi connectivity index (χ1n) is 11.7.